The van der Waals surface area contributed by atoms with Crippen molar-refractivity contribution < 1.29 is 9.53 Å². The summed E-state index contributed by atoms with van der Waals surface area (Å²) in [5.74, 6) is 0.860. The number of carbonyl (C=O) groups excluding carboxylic acids is 1. The predicted octanol–water partition coefficient (Wildman–Crippen LogP) is 1.84. The minimum absolute atomic E-state index is 0.143. The minimum Gasteiger partial charge on any atom is -0.469 e. The number of aryl methyl sites for hydroxylation is 1. The van der Waals surface area contributed by atoms with Crippen LogP contribution in [-0.4, -0.2) is 55.7 Å². The number of rotatable bonds is 4. The van der Waals surface area contributed by atoms with Gasteiger partial charge in [-0.2, -0.15) is 0 Å². The molecule has 0 aliphatic carbocycles. The van der Waals surface area contributed by atoms with Crippen LogP contribution in [0.5, 0.6) is 0 Å². The topological polar surface area (TPSA) is 45.7 Å². The van der Waals surface area contributed by atoms with E-state index in [0.717, 1.165) is 48.6 Å². The number of anilines is 1. The number of halogens is 1. The van der Waals surface area contributed by atoms with E-state index < -0.39 is 0 Å². The van der Waals surface area contributed by atoms with E-state index in [1.54, 1.807) is 0 Å². The van der Waals surface area contributed by atoms with Gasteiger partial charge in [-0.05, 0) is 34.5 Å². The summed E-state index contributed by atoms with van der Waals surface area (Å²) in [6.07, 6.45) is 2.35. The van der Waals surface area contributed by atoms with Crippen molar-refractivity contribution in [2.75, 3.05) is 44.7 Å². The van der Waals surface area contributed by atoms with Crippen LogP contribution in [0.4, 0.5) is 5.82 Å². The van der Waals surface area contributed by atoms with Gasteiger partial charge in [0, 0.05) is 38.9 Å². The Hall–Kier alpha value is -1.14. The van der Waals surface area contributed by atoms with E-state index in [1.165, 1.54) is 7.11 Å². The molecule has 0 radical (unpaired) electrons. The lowest BCUT2D eigenvalue weighted by Crippen LogP contribution is -2.47. The second kappa shape index (κ2) is 7.04. The average Bonchev–Trinajstić information content (AvgIpc) is 2.45. The van der Waals surface area contributed by atoms with Gasteiger partial charge in [0.05, 0.1) is 18.0 Å². The second-order valence-corrected chi connectivity index (χ2v) is 5.83. The maximum atomic E-state index is 11.1. The maximum absolute atomic E-state index is 11.1. The number of pyridine rings is 1. The highest BCUT2D eigenvalue weighted by molar-refractivity contribution is 9.10. The molecule has 2 rings (SSSR count). The summed E-state index contributed by atoms with van der Waals surface area (Å²) in [5.41, 5.74) is 1.15. The third-order valence-electron chi connectivity index (χ3n) is 3.49. The number of nitrogens with zero attached hydrogens (tertiary/aromatic N) is 3. The van der Waals surface area contributed by atoms with Crippen LogP contribution in [0, 0.1) is 6.92 Å². The molecule has 1 fully saturated rings. The molecule has 0 saturated carbocycles. The molecule has 0 atom stereocenters. The first kappa shape index (κ1) is 15.3. The third-order valence-corrected chi connectivity index (χ3v) is 4.07. The van der Waals surface area contributed by atoms with Crippen LogP contribution >= 0.6 is 15.9 Å². The predicted molar refractivity (Wildman–Crippen MR) is 82.0 cm³/mol. The van der Waals surface area contributed by atoms with Crippen molar-refractivity contribution >= 4 is 27.7 Å². The number of hydrogen-bond acceptors (Lipinski definition) is 5. The lowest BCUT2D eigenvalue weighted by atomic mass is 10.2. The maximum Gasteiger partial charge on any atom is 0.306 e. The van der Waals surface area contributed by atoms with Crippen molar-refractivity contribution in [3.05, 3.63) is 22.3 Å². The zero-order valence-electron chi connectivity index (χ0n) is 11.9. The Bertz CT molecular complexity index is 473. The summed E-state index contributed by atoms with van der Waals surface area (Å²) in [6, 6.07) is 2.09. The summed E-state index contributed by atoms with van der Waals surface area (Å²) < 4.78 is 5.71. The van der Waals surface area contributed by atoms with E-state index in [-0.39, 0.29) is 5.97 Å². The number of piperazine rings is 1. The number of esters is 1. The number of ether oxygens (including phenoxy) is 1. The summed E-state index contributed by atoms with van der Waals surface area (Å²) in [4.78, 5) is 20.2. The zero-order chi connectivity index (χ0) is 14.5. The lowest BCUT2D eigenvalue weighted by molar-refractivity contribution is -0.141. The van der Waals surface area contributed by atoms with Crippen LogP contribution in [-0.2, 0) is 9.53 Å². The van der Waals surface area contributed by atoms with E-state index in [0.29, 0.717) is 6.42 Å². The molecule has 0 amide bonds. The highest BCUT2D eigenvalue weighted by atomic mass is 79.9. The first-order valence-electron chi connectivity index (χ1n) is 6.76. The van der Waals surface area contributed by atoms with Crippen molar-refractivity contribution in [1.82, 2.24) is 9.88 Å². The lowest BCUT2D eigenvalue weighted by Gasteiger charge is -2.35. The Morgan fingerprint density at radius 2 is 2.10 bits per heavy atom. The van der Waals surface area contributed by atoms with Gasteiger partial charge in [-0.1, -0.05) is 0 Å². The third kappa shape index (κ3) is 3.93. The van der Waals surface area contributed by atoms with Crippen LogP contribution in [0.2, 0.25) is 0 Å². The Morgan fingerprint density at radius 1 is 1.40 bits per heavy atom. The van der Waals surface area contributed by atoms with Gasteiger partial charge in [0.1, 0.15) is 5.82 Å². The smallest absolute Gasteiger partial charge is 0.306 e. The average molecular weight is 342 g/mol. The summed E-state index contributed by atoms with van der Waals surface area (Å²) in [7, 11) is 1.43. The Labute approximate surface area is 128 Å². The molecular weight excluding hydrogens is 322 g/mol. The van der Waals surface area contributed by atoms with Crippen molar-refractivity contribution in [2.45, 2.75) is 13.3 Å². The Kier molecular flexibility index (Phi) is 5.37. The molecule has 1 aromatic heterocycles. The highest BCUT2D eigenvalue weighted by Gasteiger charge is 2.20. The largest absolute Gasteiger partial charge is 0.469 e. The Balaban J connectivity index is 1.86. The van der Waals surface area contributed by atoms with Gasteiger partial charge in [-0.15, -0.1) is 0 Å². The molecule has 1 aromatic rings. The fourth-order valence-corrected chi connectivity index (χ4v) is 3.01. The quantitative estimate of drug-likeness (QED) is 0.782. The van der Waals surface area contributed by atoms with Crippen molar-refractivity contribution in [2.24, 2.45) is 0 Å². The molecule has 20 heavy (non-hydrogen) atoms. The van der Waals surface area contributed by atoms with Gasteiger partial charge in [0.15, 0.2) is 0 Å². The van der Waals surface area contributed by atoms with E-state index in [9.17, 15) is 4.79 Å². The van der Waals surface area contributed by atoms with Crippen molar-refractivity contribution in [3.63, 3.8) is 0 Å². The van der Waals surface area contributed by atoms with Gasteiger partial charge in [-0.3, -0.25) is 9.69 Å². The van der Waals surface area contributed by atoms with Crippen LogP contribution in [0.15, 0.2) is 16.7 Å². The molecular formula is C14H20BrN3O2. The van der Waals surface area contributed by atoms with Gasteiger partial charge in [0.2, 0.25) is 0 Å². The molecule has 0 aromatic carbocycles. The van der Waals surface area contributed by atoms with Crippen molar-refractivity contribution in [3.8, 4) is 0 Å². The van der Waals surface area contributed by atoms with E-state index in [2.05, 4.69) is 41.5 Å². The fraction of sp³-hybridized carbons (Fsp3) is 0.571. The van der Waals surface area contributed by atoms with E-state index in [1.807, 2.05) is 13.1 Å². The van der Waals surface area contributed by atoms with Crippen LogP contribution < -0.4 is 4.90 Å². The van der Waals surface area contributed by atoms with E-state index in [4.69, 9.17) is 0 Å². The van der Waals surface area contributed by atoms with Crippen molar-refractivity contribution in [1.29, 1.82) is 0 Å². The first-order chi connectivity index (χ1) is 9.60. The standard InChI is InChI=1S/C14H20BrN3O2/c1-11-9-12(15)14(16-10-11)18-7-5-17(6-8-18)4-3-13(19)20-2/h9-10H,3-8H2,1-2H3. The summed E-state index contributed by atoms with van der Waals surface area (Å²) >= 11 is 3.58. The normalized spacial score (nSPS) is 16.2. The van der Waals surface area contributed by atoms with Gasteiger partial charge in [0.25, 0.3) is 0 Å². The molecule has 0 unspecified atom stereocenters. The second-order valence-electron chi connectivity index (χ2n) is 4.97. The highest BCUT2D eigenvalue weighted by Crippen LogP contribution is 2.25. The SMILES string of the molecule is COC(=O)CCN1CCN(c2ncc(C)cc2Br)CC1. The summed E-state index contributed by atoms with van der Waals surface area (Å²) in [5, 5.41) is 0. The monoisotopic (exact) mass is 341 g/mol. The van der Waals surface area contributed by atoms with Gasteiger partial charge in [-0.25, -0.2) is 4.98 Å². The van der Waals surface area contributed by atoms with Gasteiger partial charge >= 0.3 is 5.97 Å². The minimum atomic E-state index is -0.143. The van der Waals surface area contributed by atoms with Crippen LogP contribution in [0.3, 0.4) is 0 Å². The summed E-state index contributed by atoms with van der Waals surface area (Å²) in [6.45, 7) is 6.54. The molecule has 0 spiro atoms. The molecule has 1 saturated heterocycles. The van der Waals surface area contributed by atoms with Crippen LogP contribution in [0.25, 0.3) is 0 Å². The zero-order valence-corrected chi connectivity index (χ0v) is 13.5. The number of aromatic nitrogens is 1. The molecule has 0 bridgehead atoms. The first-order valence-corrected chi connectivity index (χ1v) is 7.55. The molecule has 1 aliphatic rings. The van der Waals surface area contributed by atoms with Gasteiger partial charge < -0.3 is 9.64 Å². The molecule has 2 heterocycles. The number of hydrogen-bond donors (Lipinski definition) is 0. The van der Waals surface area contributed by atoms with E-state index >= 15 is 0 Å². The fourth-order valence-electron chi connectivity index (χ4n) is 2.29. The molecule has 5 nitrogen and oxygen atoms in total. The molecule has 110 valence electrons. The van der Waals surface area contributed by atoms with Crippen LogP contribution in [0.1, 0.15) is 12.0 Å². The Morgan fingerprint density at radius 3 is 2.70 bits per heavy atom. The molecule has 6 heteroatoms. The molecule has 0 N–H and O–H groups in total. The molecule has 1 aliphatic heterocycles. The number of carbonyl (C=O) groups is 1. The number of methoxy groups -OCH3 is 1.